The van der Waals surface area contributed by atoms with Crippen LogP contribution in [0.1, 0.15) is 40.0 Å². The first-order valence-corrected chi connectivity index (χ1v) is 6.90. The molecule has 1 rings (SSSR count). The average molecular weight is 255 g/mol. The van der Waals surface area contributed by atoms with Gasteiger partial charge in [0.15, 0.2) is 0 Å². The Labute approximate surface area is 109 Å². The summed E-state index contributed by atoms with van der Waals surface area (Å²) >= 11 is 0. The second-order valence-corrected chi connectivity index (χ2v) is 4.80. The van der Waals surface area contributed by atoms with Crippen molar-refractivity contribution in [3.8, 4) is 0 Å². The highest BCUT2D eigenvalue weighted by molar-refractivity contribution is 5.83. The van der Waals surface area contributed by atoms with Crippen LogP contribution in [0.5, 0.6) is 0 Å². The molecule has 104 valence electrons. The number of carbonyl (C=O) groups excluding carboxylic acids is 2. The fourth-order valence-corrected chi connectivity index (χ4v) is 1.86. The normalized spacial score (nSPS) is 16.2. The maximum absolute atomic E-state index is 11.9. The van der Waals surface area contributed by atoms with E-state index in [4.69, 9.17) is 0 Å². The summed E-state index contributed by atoms with van der Waals surface area (Å²) in [7, 11) is 0. The highest BCUT2D eigenvalue weighted by atomic mass is 16.2. The molecule has 0 saturated heterocycles. The molecule has 0 heterocycles. The van der Waals surface area contributed by atoms with Crippen molar-refractivity contribution in [3.63, 3.8) is 0 Å². The quantitative estimate of drug-likeness (QED) is 0.664. The smallest absolute Gasteiger partial charge is 0.236 e. The van der Waals surface area contributed by atoms with E-state index in [-0.39, 0.29) is 24.4 Å². The van der Waals surface area contributed by atoms with Gasteiger partial charge in [0.25, 0.3) is 0 Å². The van der Waals surface area contributed by atoms with Crippen LogP contribution in [-0.2, 0) is 9.59 Å². The van der Waals surface area contributed by atoms with E-state index in [0.717, 1.165) is 25.8 Å². The molecule has 2 N–H and O–H groups in total. The minimum atomic E-state index is -0.321. The standard InChI is InChI=1S/C13H25N3O2/c1-4-8-14-13(18)10(3)15-9-12(17)16(5-2)11-6-7-11/h10-11,15H,4-9H2,1-3H3,(H,14,18). The molecule has 1 aliphatic rings. The Morgan fingerprint density at radius 1 is 1.33 bits per heavy atom. The van der Waals surface area contributed by atoms with Gasteiger partial charge in [0.05, 0.1) is 12.6 Å². The third kappa shape index (κ3) is 4.64. The Hall–Kier alpha value is -1.10. The zero-order valence-electron chi connectivity index (χ0n) is 11.7. The summed E-state index contributed by atoms with van der Waals surface area (Å²) in [6, 6.07) is 0.118. The molecule has 0 spiro atoms. The van der Waals surface area contributed by atoms with E-state index < -0.39 is 0 Å². The lowest BCUT2D eigenvalue weighted by molar-refractivity contribution is -0.131. The Morgan fingerprint density at radius 2 is 2.00 bits per heavy atom. The van der Waals surface area contributed by atoms with Crippen LogP contribution in [0.2, 0.25) is 0 Å². The van der Waals surface area contributed by atoms with Gasteiger partial charge in [-0.05, 0) is 33.1 Å². The lowest BCUT2D eigenvalue weighted by Gasteiger charge is -2.21. The minimum Gasteiger partial charge on any atom is -0.355 e. The van der Waals surface area contributed by atoms with Gasteiger partial charge in [-0.15, -0.1) is 0 Å². The van der Waals surface area contributed by atoms with Gasteiger partial charge in [0, 0.05) is 19.1 Å². The molecule has 5 heteroatoms. The first-order chi connectivity index (χ1) is 8.60. The van der Waals surface area contributed by atoms with Crippen LogP contribution in [0.3, 0.4) is 0 Å². The van der Waals surface area contributed by atoms with E-state index in [0.29, 0.717) is 12.6 Å². The van der Waals surface area contributed by atoms with E-state index in [9.17, 15) is 9.59 Å². The van der Waals surface area contributed by atoms with E-state index >= 15 is 0 Å². The molecule has 1 aliphatic carbocycles. The number of amides is 2. The average Bonchev–Trinajstić information content (AvgIpc) is 3.18. The Balaban J connectivity index is 2.26. The summed E-state index contributed by atoms with van der Waals surface area (Å²) in [6.45, 7) is 7.46. The third-order valence-corrected chi connectivity index (χ3v) is 3.15. The van der Waals surface area contributed by atoms with Gasteiger partial charge in [-0.25, -0.2) is 0 Å². The first-order valence-electron chi connectivity index (χ1n) is 6.90. The molecule has 1 fully saturated rings. The maximum Gasteiger partial charge on any atom is 0.236 e. The molecule has 1 saturated carbocycles. The molecule has 1 atom stereocenters. The summed E-state index contributed by atoms with van der Waals surface area (Å²) in [6.07, 6.45) is 3.15. The Kier molecular flexibility index (Phi) is 6.12. The number of carbonyl (C=O) groups is 2. The fraction of sp³-hybridized carbons (Fsp3) is 0.846. The molecule has 5 nitrogen and oxygen atoms in total. The van der Waals surface area contributed by atoms with Crippen molar-refractivity contribution < 1.29 is 9.59 Å². The summed E-state index contributed by atoms with van der Waals surface area (Å²) in [5.74, 6) is 0.0502. The summed E-state index contributed by atoms with van der Waals surface area (Å²) < 4.78 is 0. The van der Waals surface area contributed by atoms with Gasteiger partial charge in [-0.1, -0.05) is 6.92 Å². The Morgan fingerprint density at radius 3 is 2.50 bits per heavy atom. The van der Waals surface area contributed by atoms with Gasteiger partial charge >= 0.3 is 0 Å². The van der Waals surface area contributed by atoms with Crippen LogP contribution in [0.25, 0.3) is 0 Å². The predicted octanol–water partition coefficient (Wildman–Crippen LogP) is 0.502. The molecule has 0 aromatic rings. The second-order valence-electron chi connectivity index (χ2n) is 4.80. The van der Waals surface area contributed by atoms with Gasteiger partial charge in [-0.3, -0.25) is 14.9 Å². The monoisotopic (exact) mass is 255 g/mol. The minimum absolute atomic E-state index is 0.0425. The largest absolute Gasteiger partial charge is 0.355 e. The Bertz CT molecular complexity index is 290. The summed E-state index contributed by atoms with van der Waals surface area (Å²) in [5, 5.41) is 5.79. The van der Waals surface area contributed by atoms with E-state index in [1.807, 2.05) is 18.7 Å². The van der Waals surface area contributed by atoms with Crippen LogP contribution in [-0.4, -0.2) is 48.4 Å². The zero-order valence-corrected chi connectivity index (χ0v) is 11.7. The SMILES string of the molecule is CCCNC(=O)C(C)NCC(=O)N(CC)C1CC1. The molecular formula is C13H25N3O2. The molecule has 2 amide bonds. The molecule has 0 aliphatic heterocycles. The van der Waals surface area contributed by atoms with Gasteiger partial charge < -0.3 is 10.2 Å². The van der Waals surface area contributed by atoms with Crippen molar-refractivity contribution in [1.29, 1.82) is 0 Å². The predicted molar refractivity (Wildman–Crippen MR) is 71.2 cm³/mol. The van der Waals surface area contributed by atoms with Crippen molar-refractivity contribution in [2.24, 2.45) is 0 Å². The topological polar surface area (TPSA) is 61.4 Å². The number of nitrogens with zero attached hydrogens (tertiary/aromatic N) is 1. The van der Waals surface area contributed by atoms with Crippen LogP contribution >= 0.6 is 0 Å². The molecule has 1 unspecified atom stereocenters. The lowest BCUT2D eigenvalue weighted by atomic mass is 10.3. The van der Waals surface area contributed by atoms with Crippen molar-refractivity contribution in [1.82, 2.24) is 15.5 Å². The van der Waals surface area contributed by atoms with Crippen LogP contribution in [0.4, 0.5) is 0 Å². The molecule has 0 aromatic heterocycles. The third-order valence-electron chi connectivity index (χ3n) is 3.15. The van der Waals surface area contributed by atoms with Gasteiger partial charge in [-0.2, -0.15) is 0 Å². The zero-order chi connectivity index (χ0) is 13.5. The number of nitrogens with one attached hydrogen (secondary N) is 2. The van der Waals surface area contributed by atoms with Crippen molar-refractivity contribution >= 4 is 11.8 Å². The van der Waals surface area contributed by atoms with Crippen molar-refractivity contribution in [2.75, 3.05) is 19.6 Å². The highest BCUT2D eigenvalue weighted by Crippen LogP contribution is 2.26. The van der Waals surface area contributed by atoms with Crippen molar-refractivity contribution in [2.45, 2.75) is 52.1 Å². The molecule has 18 heavy (non-hydrogen) atoms. The van der Waals surface area contributed by atoms with E-state index in [1.165, 1.54) is 0 Å². The van der Waals surface area contributed by atoms with Crippen LogP contribution in [0, 0.1) is 0 Å². The molecule has 0 radical (unpaired) electrons. The summed E-state index contributed by atoms with van der Waals surface area (Å²) in [4.78, 5) is 25.4. The van der Waals surface area contributed by atoms with Crippen LogP contribution < -0.4 is 10.6 Å². The number of rotatable bonds is 8. The number of likely N-dealkylation sites (N-methyl/N-ethyl adjacent to an activating group) is 1. The highest BCUT2D eigenvalue weighted by Gasteiger charge is 2.31. The number of hydrogen-bond donors (Lipinski definition) is 2. The fourth-order valence-electron chi connectivity index (χ4n) is 1.86. The molecular weight excluding hydrogens is 230 g/mol. The van der Waals surface area contributed by atoms with Crippen molar-refractivity contribution in [3.05, 3.63) is 0 Å². The van der Waals surface area contributed by atoms with Crippen LogP contribution in [0.15, 0.2) is 0 Å². The van der Waals surface area contributed by atoms with E-state index in [2.05, 4.69) is 10.6 Å². The van der Waals surface area contributed by atoms with E-state index in [1.54, 1.807) is 6.92 Å². The number of hydrogen-bond acceptors (Lipinski definition) is 3. The second kappa shape index (κ2) is 7.36. The molecule has 0 aromatic carbocycles. The first kappa shape index (κ1) is 15.0. The van der Waals surface area contributed by atoms with Gasteiger partial charge in [0.1, 0.15) is 0 Å². The molecule has 0 bridgehead atoms. The lowest BCUT2D eigenvalue weighted by Crippen LogP contribution is -2.47. The maximum atomic E-state index is 11.9. The van der Waals surface area contributed by atoms with Gasteiger partial charge in [0.2, 0.25) is 11.8 Å². The summed E-state index contributed by atoms with van der Waals surface area (Å²) in [5.41, 5.74) is 0.